The van der Waals surface area contributed by atoms with Crippen LogP contribution in [0.2, 0.25) is 0 Å². The smallest absolute Gasteiger partial charge is 0.0221 e. The molecule has 0 spiro atoms. The van der Waals surface area contributed by atoms with Gasteiger partial charge in [0.25, 0.3) is 0 Å². The molecule has 0 saturated carbocycles. The highest BCUT2D eigenvalue weighted by atomic mass is 14.1. The summed E-state index contributed by atoms with van der Waals surface area (Å²) in [6.45, 7) is 4.47. The second-order valence-corrected chi connectivity index (χ2v) is 2.71. The Morgan fingerprint density at radius 3 is 2.89 bits per heavy atom. The van der Waals surface area contributed by atoms with E-state index in [2.05, 4.69) is 32.1 Å². The minimum absolute atomic E-state index is 0.768. The lowest BCUT2D eigenvalue weighted by Crippen LogP contribution is -1.93. The van der Waals surface area contributed by atoms with E-state index in [0.29, 0.717) is 0 Å². The topological polar surface area (TPSA) is 0 Å². The van der Waals surface area contributed by atoms with Crippen molar-refractivity contribution >= 4 is 0 Å². The highest BCUT2D eigenvalue weighted by Gasteiger charge is 2.00. The molecule has 0 radical (unpaired) electrons. The monoisotopic (exact) mass is 122 g/mol. The number of rotatable bonds is 1. The third-order valence-corrected chi connectivity index (χ3v) is 1.75. The van der Waals surface area contributed by atoms with Crippen LogP contribution in [0.5, 0.6) is 0 Å². The molecule has 0 amide bonds. The fourth-order valence-corrected chi connectivity index (χ4v) is 1.16. The Morgan fingerprint density at radius 1 is 1.67 bits per heavy atom. The van der Waals surface area contributed by atoms with Crippen LogP contribution in [0, 0.1) is 5.92 Å². The molecule has 0 aromatic heterocycles. The predicted octanol–water partition coefficient (Wildman–Crippen LogP) is 2.92. The summed E-state index contributed by atoms with van der Waals surface area (Å²) in [5.74, 6) is 0.768. The predicted molar refractivity (Wildman–Crippen MR) is 41.3 cm³/mol. The summed E-state index contributed by atoms with van der Waals surface area (Å²) in [5.41, 5.74) is 1.49. The lowest BCUT2D eigenvalue weighted by molar-refractivity contribution is 0.724. The van der Waals surface area contributed by atoms with Gasteiger partial charge in [0.2, 0.25) is 0 Å². The van der Waals surface area contributed by atoms with Gasteiger partial charge in [0.15, 0.2) is 0 Å². The van der Waals surface area contributed by atoms with Crippen molar-refractivity contribution in [3.63, 3.8) is 0 Å². The fraction of sp³-hybridized carbons (Fsp3) is 0.556. The molecule has 0 heterocycles. The number of allylic oxidation sites excluding steroid dienone is 4. The molecule has 1 rings (SSSR count). The molecule has 0 unspecified atom stereocenters. The first-order chi connectivity index (χ1) is 4.33. The Kier molecular flexibility index (Phi) is 2.10. The van der Waals surface area contributed by atoms with Gasteiger partial charge in [0.1, 0.15) is 0 Å². The molecule has 0 aromatic rings. The zero-order chi connectivity index (χ0) is 6.69. The first kappa shape index (κ1) is 6.60. The highest BCUT2D eigenvalue weighted by Crippen LogP contribution is 2.17. The van der Waals surface area contributed by atoms with E-state index in [0.717, 1.165) is 5.92 Å². The van der Waals surface area contributed by atoms with Crippen LogP contribution in [0.1, 0.15) is 26.7 Å². The van der Waals surface area contributed by atoms with Crippen LogP contribution in [-0.2, 0) is 0 Å². The second-order valence-electron chi connectivity index (χ2n) is 2.71. The second kappa shape index (κ2) is 2.86. The van der Waals surface area contributed by atoms with Crippen LogP contribution in [0.3, 0.4) is 0 Å². The Morgan fingerprint density at radius 2 is 2.44 bits per heavy atom. The largest absolute Gasteiger partial charge is 0.0837 e. The molecule has 50 valence electrons. The lowest BCUT2D eigenvalue weighted by Gasteiger charge is -2.09. The summed E-state index contributed by atoms with van der Waals surface area (Å²) in [6.07, 6.45) is 9.27. The van der Waals surface area contributed by atoms with Crippen molar-refractivity contribution in [2.45, 2.75) is 26.7 Å². The molecular weight excluding hydrogens is 108 g/mol. The normalized spacial score (nSPS) is 26.0. The van der Waals surface area contributed by atoms with Crippen LogP contribution in [0.15, 0.2) is 23.8 Å². The zero-order valence-electron chi connectivity index (χ0n) is 6.22. The van der Waals surface area contributed by atoms with Crippen LogP contribution < -0.4 is 0 Å². The molecule has 0 N–H and O–H groups in total. The Labute approximate surface area is 57.3 Å². The van der Waals surface area contributed by atoms with Gasteiger partial charge < -0.3 is 0 Å². The maximum absolute atomic E-state index is 2.36. The van der Waals surface area contributed by atoms with Gasteiger partial charge in [0, 0.05) is 0 Å². The first-order valence-corrected chi connectivity index (χ1v) is 3.70. The maximum atomic E-state index is 2.36. The van der Waals surface area contributed by atoms with Gasteiger partial charge in [-0.3, -0.25) is 0 Å². The molecular formula is C9H14. The molecule has 9 heavy (non-hydrogen) atoms. The first-order valence-electron chi connectivity index (χ1n) is 3.70. The molecule has 1 atom stereocenters. The van der Waals surface area contributed by atoms with E-state index in [4.69, 9.17) is 0 Å². The van der Waals surface area contributed by atoms with Crippen molar-refractivity contribution in [2.24, 2.45) is 5.92 Å². The van der Waals surface area contributed by atoms with Crippen LogP contribution in [0.25, 0.3) is 0 Å². The lowest BCUT2D eigenvalue weighted by atomic mass is 9.97. The van der Waals surface area contributed by atoms with Crippen molar-refractivity contribution in [2.75, 3.05) is 0 Å². The summed E-state index contributed by atoms with van der Waals surface area (Å²) in [7, 11) is 0. The third kappa shape index (κ3) is 1.70. The highest BCUT2D eigenvalue weighted by molar-refractivity contribution is 5.22. The average Bonchev–Trinajstić information content (AvgIpc) is 1.88. The summed E-state index contributed by atoms with van der Waals surface area (Å²) in [6, 6.07) is 0. The molecule has 0 heteroatoms. The molecule has 1 aliphatic rings. The summed E-state index contributed by atoms with van der Waals surface area (Å²) < 4.78 is 0. The SMILES string of the molecule is CCC1=C[C@H](C)CC=C1. The number of hydrogen-bond acceptors (Lipinski definition) is 0. The van der Waals surface area contributed by atoms with Gasteiger partial charge in [-0.15, -0.1) is 0 Å². The molecule has 0 bridgehead atoms. The van der Waals surface area contributed by atoms with E-state index in [1.54, 1.807) is 0 Å². The standard InChI is InChI=1S/C9H14/c1-3-9-6-4-5-8(2)7-9/h4,6-8H,3,5H2,1-2H3/t8-/m1/s1. The van der Waals surface area contributed by atoms with Crippen LogP contribution in [0.4, 0.5) is 0 Å². The zero-order valence-corrected chi connectivity index (χ0v) is 6.22. The average molecular weight is 122 g/mol. The maximum Gasteiger partial charge on any atom is -0.0221 e. The van der Waals surface area contributed by atoms with Crippen molar-refractivity contribution in [3.05, 3.63) is 23.8 Å². The Balaban J connectivity index is 2.59. The van der Waals surface area contributed by atoms with E-state index in [-0.39, 0.29) is 0 Å². The third-order valence-electron chi connectivity index (χ3n) is 1.75. The van der Waals surface area contributed by atoms with E-state index in [1.807, 2.05) is 0 Å². The minimum Gasteiger partial charge on any atom is -0.0837 e. The molecule has 0 nitrogen and oxygen atoms in total. The minimum atomic E-state index is 0.768. The summed E-state index contributed by atoms with van der Waals surface area (Å²) >= 11 is 0. The van der Waals surface area contributed by atoms with E-state index in [9.17, 15) is 0 Å². The van der Waals surface area contributed by atoms with E-state index >= 15 is 0 Å². The van der Waals surface area contributed by atoms with E-state index in [1.165, 1.54) is 18.4 Å². The Bertz CT molecular complexity index is 140. The van der Waals surface area contributed by atoms with Crippen molar-refractivity contribution in [3.8, 4) is 0 Å². The fourth-order valence-electron chi connectivity index (χ4n) is 1.16. The molecule has 0 saturated heterocycles. The number of hydrogen-bond donors (Lipinski definition) is 0. The quantitative estimate of drug-likeness (QED) is 0.501. The van der Waals surface area contributed by atoms with Crippen molar-refractivity contribution in [1.29, 1.82) is 0 Å². The van der Waals surface area contributed by atoms with Gasteiger partial charge in [-0.05, 0) is 18.8 Å². The van der Waals surface area contributed by atoms with Crippen molar-refractivity contribution < 1.29 is 0 Å². The molecule has 1 aliphatic carbocycles. The van der Waals surface area contributed by atoms with Crippen LogP contribution >= 0.6 is 0 Å². The molecule has 0 fully saturated rings. The van der Waals surface area contributed by atoms with Gasteiger partial charge >= 0.3 is 0 Å². The summed E-state index contributed by atoms with van der Waals surface area (Å²) in [5, 5.41) is 0. The Hall–Kier alpha value is -0.520. The van der Waals surface area contributed by atoms with E-state index < -0.39 is 0 Å². The van der Waals surface area contributed by atoms with Gasteiger partial charge in [-0.2, -0.15) is 0 Å². The molecule has 0 aliphatic heterocycles. The van der Waals surface area contributed by atoms with Gasteiger partial charge in [-0.1, -0.05) is 37.6 Å². The van der Waals surface area contributed by atoms with Crippen LogP contribution in [-0.4, -0.2) is 0 Å². The summed E-state index contributed by atoms with van der Waals surface area (Å²) in [4.78, 5) is 0. The van der Waals surface area contributed by atoms with Gasteiger partial charge in [-0.25, -0.2) is 0 Å². The van der Waals surface area contributed by atoms with Crippen molar-refractivity contribution in [1.82, 2.24) is 0 Å². The molecule has 0 aromatic carbocycles. The van der Waals surface area contributed by atoms with Gasteiger partial charge in [0.05, 0.1) is 0 Å².